The fourth-order valence-corrected chi connectivity index (χ4v) is 6.21. The number of nitrogens with one attached hydrogen (secondary N) is 3. The zero-order valence-corrected chi connectivity index (χ0v) is 25.0. The molecule has 1 fully saturated rings. The molecular formula is C24H25BrCl2F3N5O4S. The summed E-state index contributed by atoms with van der Waals surface area (Å²) >= 11 is 17.3. The van der Waals surface area contributed by atoms with E-state index in [9.17, 15) is 22.8 Å². The number of amides is 2. The molecular weight excluding hydrogens is 662 g/mol. The molecule has 4 rings (SSSR count). The third kappa shape index (κ3) is 8.56. The van der Waals surface area contributed by atoms with Gasteiger partial charge in [-0.15, -0.1) is 11.3 Å². The SMILES string of the molecule is CC(NC(=O)[C@H]1C[C@H](Cc2cc(Br)c(Cl)s2)CN1)C(=O)NCc1cnc2c(c1)c(Cl)cn2C.O=C(O)C(F)(F)F. The van der Waals surface area contributed by atoms with E-state index in [1.54, 1.807) is 30.7 Å². The normalized spacial score (nSPS) is 17.7. The van der Waals surface area contributed by atoms with Crippen molar-refractivity contribution in [2.75, 3.05) is 6.54 Å². The number of halogens is 6. The van der Waals surface area contributed by atoms with E-state index in [1.807, 2.05) is 23.7 Å². The lowest BCUT2D eigenvalue weighted by Crippen LogP contribution is -2.49. The maximum Gasteiger partial charge on any atom is 0.490 e. The number of aromatic nitrogens is 2. The van der Waals surface area contributed by atoms with Crippen LogP contribution in [-0.4, -0.2) is 57.2 Å². The monoisotopic (exact) mass is 685 g/mol. The van der Waals surface area contributed by atoms with E-state index in [4.69, 9.17) is 33.1 Å². The van der Waals surface area contributed by atoms with Crippen LogP contribution in [0.25, 0.3) is 11.0 Å². The number of pyridine rings is 1. The summed E-state index contributed by atoms with van der Waals surface area (Å²) in [6, 6.07) is 2.99. The Labute approximate surface area is 249 Å². The molecule has 2 amide bonds. The van der Waals surface area contributed by atoms with Crippen LogP contribution in [0.3, 0.4) is 0 Å². The highest BCUT2D eigenvalue weighted by atomic mass is 79.9. The number of carbonyl (C=O) groups is 3. The maximum absolute atomic E-state index is 12.7. The van der Waals surface area contributed by atoms with Crippen molar-refractivity contribution >= 4 is 79.3 Å². The molecule has 3 aromatic rings. The summed E-state index contributed by atoms with van der Waals surface area (Å²) in [4.78, 5) is 39.7. The molecule has 16 heteroatoms. The Morgan fingerprint density at radius 1 is 1.32 bits per heavy atom. The van der Waals surface area contributed by atoms with Crippen molar-refractivity contribution in [1.82, 2.24) is 25.5 Å². The predicted molar refractivity (Wildman–Crippen MR) is 149 cm³/mol. The summed E-state index contributed by atoms with van der Waals surface area (Å²) in [6.07, 6.45) is 0.0167. The minimum atomic E-state index is -5.08. The number of hydrogen-bond acceptors (Lipinski definition) is 6. The van der Waals surface area contributed by atoms with E-state index in [0.29, 0.717) is 17.5 Å². The summed E-state index contributed by atoms with van der Waals surface area (Å²) in [5.41, 5.74) is 1.62. The van der Waals surface area contributed by atoms with Crippen molar-refractivity contribution in [2.45, 2.75) is 44.6 Å². The Morgan fingerprint density at radius 3 is 2.60 bits per heavy atom. The van der Waals surface area contributed by atoms with Crippen molar-refractivity contribution in [3.05, 3.63) is 48.8 Å². The molecule has 4 N–H and O–H groups in total. The Balaban J connectivity index is 0.000000559. The molecule has 1 aliphatic rings. The summed E-state index contributed by atoms with van der Waals surface area (Å²) in [6.45, 7) is 2.74. The highest BCUT2D eigenvalue weighted by Crippen LogP contribution is 2.34. The average Bonchev–Trinajstić information content (AvgIpc) is 3.55. The van der Waals surface area contributed by atoms with Crippen LogP contribution in [0.5, 0.6) is 0 Å². The van der Waals surface area contributed by atoms with Crippen LogP contribution in [0.15, 0.2) is 29.0 Å². The number of thiophene rings is 1. The van der Waals surface area contributed by atoms with Crippen LogP contribution >= 0.6 is 50.5 Å². The van der Waals surface area contributed by atoms with Gasteiger partial charge in [0.15, 0.2) is 0 Å². The molecule has 0 radical (unpaired) electrons. The lowest BCUT2D eigenvalue weighted by atomic mass is 10.0. The zero-order chi connectivity index (χ0) is 29.8. The summed E-state index contributed by atoms with van der Waals surface area (Å²) < 4.78 is 35.2. The maximum atomic E-state index is 12.7. The molecule has 3 aromatic heterocycles. The number of carbonyl (C=O) groups excluding carboxylic acids is 2. The van der Waals surface area contributed by atoms with Crippen LogP contribution in [0.1, 0.15) is 23.8 Å². The number of fused-ring (bicyclic) bond motifs is 1. The van der Waals surface area contributed by atoms with Crippen LogP contribution in [0.2, 0.25) is 9.36 Å². The van der Waals surface area contributed by atoms with E-state index < -0.39 is 18.2 Å². The molecule has 0 saturated carbocycles. The molecule has 1 aliphatic heterocycles. The standard InChI is InChI=1S/C22H24BrCl2N5O2S.C2HF3O2/c1-11(21(31)28-9-13-4-15-17(24)10-30(2)20(15)27-8-13)29-22(32)18-5-12(7-26-18)3-14-6-16(23)19(25)33-14;3-2(4,5)1(6)7/h4,6,8,10-12,18,26H,3,5,7,9H2,1-2H3,(H,28,31)(H,29,32);(H,6,7)/t11?,12-,18+;/m0./s1. The van der Waals surface area contributed by atoms with Gasteiger partial charge < -0.3 is 25.6 Å². The molecule has 0 aromatic carbocycles. The molecule has 218 valence electrons. The smallest absolute Gasteiger partial charge is 0.475 e. The van der Waals surface area contributed by atoms with E-state index >= 15 is 0 Å². The third-order valence-electron chi connectivity index (χ3n) is 6.01. The van der Waals surface area contributed by atoms with Gasteiger partial charge >= 0.3 is 12.1 Å². The summed E-state index contributed by atoms with van der Waals surface area (Å²) in [5.74, 6) is -2.83. The van der Waals surface area contributed by atoms with Crippen molar-refractivity contribution in [3.8, 4) is 0 Å². The first-order valence-electron chi connectivity index (χ1n) is 11.8. The largest absolute Gasteiger partial charge is 0.490 e. The molecule has 9 nitrogen and oxygen atoms in total. The van der Waals surface area contributed by atoms with Crippen LogP contribution < -0.4 is 16.0 Å². The lowest BCUT2D eigenvalue weighted by molar-refractivity contribution is -0.192. The molecule has 4 heterocycles. The third-order valence-corrected chi connectivity index (χ3v) is 8.81. The van der Waals surface area contributed by atoms with Gasteiger partial charge in [-0.25, -0.2) is 9.78 Å². The van der Waals surface area contributed by atoms with Gasteiger partial charge in [-0.2, -0.15) is 13.2 Å². The zero-order valence-electron chi connectivity index (χ0n) is 21.1. The van der Waals surface area contributed by atoms with Crippen LogP contribution in [-0.2, 0) is 34.4 Å². The first kappa shape index (κ1) is 32.1. The highest BCUT2D eigenvalue weighted by molar-refractivity contribution is 9.10. The van der Waals surface area contributed by atoms with E-state index in [2.05, 4.69) is 36.9 Å². The Hall–Kier alpha value is -2.39. The first-order valence-corrected chi connectivity index (χ1v) is 14.2. The van der Waals surface area contributed by atoms with Gasteiger partial charge in [0.05, 0.1) is 11.1 Å². The van der Waals surface area contributed by atoms with E-state index in [0.717, 1.165) is 44.8 Å². The minimum absolute atomic E-state index is 0.162. The Kier molecular flexibility index (Phi) is 10.9. The second kappa shape index (κ2) is 13.5. The molecule has 40 heavy (non-hydrogen) atoms. The molecule has 1 unspecified atom stereocenters. The van der Waals surface area contributed by atoms with Crippen LogP contribution in [0, 0.1) is 5.92 Å². The van der Waals surface area contributed by atoms with Gasteiger partial charge in [0.1, 0.15) is 16.0 Å². The van der Waals surface area contributed by atoms with E-state index in [1.165, 1.54) is 4.88 Å². The number of hydrogen-bond donors (Lipinski definition) is 4. The quantitative estimate of drug-likeness (QED) is 0.286. The number of nitrogens with zero attached hydrogens (tertiary/aromatic N) is 2. The fourth-order valence-electron chi connectivity index (χ4n) is 4.02. The fraction of sp³-hybridized carbons (Fsp3) is 0.417. The number of carboxylic acids is 1. The van der Waals surface area contributed by atoms with Gasteiger partial charge in [-0.05, 0) is 65.9 Å². The van der Waals surface area contributed by atoms with Crippen molar-refractivity contribution in [1.29, 1.82) is 0 Å². The van der Waals surface area contributed by atoms with Crippen molar-refractivity contribution in [2.24, 2.45) is 13.0 Å². The summed E-state index contributed by atoms with van der Waals surface area (Å²) in [5, 5.41) is 17.5. The first-order chi connectivity index (χ1) is 18.6. The second-order valence-electron chi connectivity index (χ2n) is 9.15. The van der Waals surface area contributed by atoms with Gasteiger partial charge in [-0.1, -0.05) is 23.2 Å². The second-order valence-corrected chi connectivity index (χ2v) is 12.2. The predicted octanol–water partition coefficient (Wildman–Crippen LogP) is 4.68. The average molecular weight is 687 g/mol. The molecule has 1 saturated heterocycles. The number of alkyl halides is 3. The van der Waals surface area contributed by atoms with Gasteiger partial charge in [-0.3, -0.25) is 9.59 Å². The summed E-state index contributed by atoms with van der Waals surface area (Å²) in [7, 11) is 1.88. The molecule has 0 aliphatic carbocycles. The molecule has 0 bridgehead atoms. The van der Waals surface area contributed by atoms with Gasteiger partial charge in [0.2, 0.25) is 11.8 Å². The van der Waals surface area contributed by atoms with Gasteiger partial charge in [0.25, 0.3) is 0 Å². The number of rotatable bonds is 7. The van der Waals surface area contributed by atoms with E-state index in [-0.39, 0.29) is 17.9 Å². The number of carboxylic acid groups (broad SMARTS) is 1. The highest BCUT2D eigenvalue weighted by Gasteiger charge is 2.38. The lowest BCUT2D eigenvalue weighted by Gasteiger charge is -2.17. The molecule has 3 atom stereocenters. The minimum Gasteiger partial charge on any atom is -0.475 e. The van der Waals surface area contributed by atoms with Crippen molar-refractivity contribution in [3.63, 3.8) is 0 Å². The number of aliphatic carboxylic acids is 1. The van der Waals surface area contributed by atoms with Crippen molar-refractivity contribution < 1.29 is 32.7 Å². The topological polar surface area (TPSA) is 125 Å². The number of aryl methyl sites for hydroxylation is 1. The van der Waals surface area contributed by atoms with Gasteiger partial charge in [0, 0.05) is 40.7 Å². The Morgan fingerprint density at radius 2 is 2.00 bits per heavy atom. The molecule has 0 spiro atoms. The van der Waals surface area contributed by atoms with Crippen LogP contribution in [0.4, 0.5) is 13.2 Å². The Bertz CT molecular complexity index is 1380.